The monoisotopic (exact) mass is 231 g/mol. The van der Waals surface area contributed by atoms with Crippen molar-refractivity contribution in [2.45, 2.75) is 18.9 Å². The molecular formula is C14H21N3. The van der Waals surface area contributed by atoms with Gasteiger partial charge in [-0.1, -0.05) is 0 Å². The van der Waals surface area contributed by atoms with Gasteiger partial charge in [0.1, 0.15) is 0 Å². The minimum atomic E-state index is 0.709. The summed E-state index contributed by atoms with van der Waals surface area (Å²) in [5.74, 6) is 0.709. The lowest BCUT2D eigenvalue weighted by molar-refractivity contribution is 0.188. The summed E-state index contributed by atoms with van der Waals surface area (Å²) in [6.07, 6.45) is 1.18. The lowest BCUT2D eigenvalue weighted by Gasteiger charge is -2.39. The van der Waals surface area contributed by atoms with Gasteiger partial charge in [-0.15, -0.1) is 0 Å². The van der Waals surface area contributed by atoms with Gasteiger partial charge in [0.05, 0.1) is 0 Å². The van der Waals surface area contributed by atoms with E-state index in [1.807, 2.05) is 0 Å². The highest BCUT2D eigenvalue weighted by atomic mass is 15.2. The summed E-state index contributed by atoms with van der Waals surface area (Å²) in [6, 6.07) is 4.37. The number of nitrogens with two attached hydrogens (primary N) is 1. The van der Waals surface area contributed by atoms with Gasteiger partial charge in [0, 0.05) is 37.8 Å². The summed E-state index contributed by atoms with van der Waals surface area (Å²) in [7, 11) is 4.37. The third kappa shape index (κ3) is 1.94. The Morgan fingerprint density at radius 2 is 1.94 bits per heavy atom. The summed E-state index contributed by atoms with van der Waals surface area (Å²) in [6.45, 7) is 4.60. The SMILES string of the molecule is CN1CCc2c(cc(N)cc2C2CN(C)C2)C1. The van der Waals surface area contributed by atoms with E-state index in [1.54, 1.807) is 5.56 Å². The second-order valence-corrected chi connectivity index (χ2v) is 5.65. The lowest BCUT2D eigenvalue weighted by Crippen LogP contribution is -2.42. The first-order chi connectivity index (χ1) is 8.13. The summed E-state index contributed by atoms with van der Waals surface area (Å²) < 4.78 is 0. The molecule has 0 amide bonds. The van der Waals surface area contributed by atoms with Crippen LogP contribution in [-0.2, 0) is 13.0 Å². The topological polar surface area (TPSA) is 32.5 Å². The van der Waals surface area contributed by atoms with Crippen LogP contribution in [0.3, 0.4) is 0 Å². The average Bonchev–Trinajstić information content (AvgIpc) is 2.23. The number of nitrogens with zero attached hydrogens (tertiary/aromatic N) is 2. The fourth-order valence-corrected chi connectivity index (χ4v) is 3.16. The molecule has 0 bridgehead atoms. The van der Waals surface area contributed by atoms with E-state index in [9.17, 15) is 0 Å². The van der Waals surface area contributed by atoms with Crippen LogP contribution in [0, 0.1) is 0 Å². The molecule has 2 aliphatic heterocycles. The van der Waals surface area contributed by atoms with Crippen LogP contribution < -0.4 is 5.73 Å². The molecule has 0 aliphatic carbocycles. The van der Waals surface area contributed by atoms with Crippen molar-refractivity contribution < 1.29 is 0 Å². The van der Waals surface area contributed by atoms with Gasteiger partial charge in [0.25, 0.3) is 0 Å². The Kier molecular flexibility index (Phi) is 2.60. The van der Waals surface area contributed by atoms with Crippen LogP contribution in [0.1, 0.15) is 22.6 Å². The molecular weight excluding hydrogens is 210 g/mol. The molecule has 92 valence electrons. The Hall–Kier alpha value is -1.06. The van der Waals surface area contributed by atoms with Gasteiger partial charge in [-0.2, -0.15) is 0 Å². The quantitative estimate of drug-likeness (QED) is 0.739. The maximum atomic E-state index is 6.05. The minimum Gasteiger partial charge on any atom is -0.399 e. The van der Waals surface area contributed by atoms with E-state index in [-0.39, 0.29) is 0 Å². The van der Waals surface area contributed by atoms with E-state index in [1.165, 1.54) is 37.2 Å². The second-order valence-electron chi connectivity index (χ2n) is 5.65. The van der Waals surface area contributed by atoms with Crippen molar-refractivity contribution >= 4 is 5.69 Å². The number of anilines is 1. The van der Waals surface area contributed by atoms with E-state index >= 15 is 0 Å². The van der Waals surface area contributed by atoms with Gasteiger partial charge in [-0.25, -0.2) is 0 Å². The predicted octanol–water partition coefficient (Wildman–Crippen LogP) is 1.29. The summed E-state index contributed by atoms with van der Waals surface area (Å²) in [5.41, 5.74) is 11.5. The number of nitrogen functional groups attached to an aromatic ring is 1. The molecule has 0 spiro atoms. The van der Waals surface area contributed by atoms with Gasteiger partial charge < -0.3 is 15.5 Å². The normalized spacial score (nSPS) is 22.2. The molecule has 17 heavy (non-hydrogen) atoms. The van der Waals surface area contributed by atoms with Gasteiger partial charge in [-0.3, -0.25) is 0 Å². The summed E-state index contributed by atoms with van der Waals surface area (Å²) in [4.78, 5) is 4.74. The number of rotatable bonds is 1. The Morgan fingerprint density at radius 1 is 1.18 bits per heavy atom. The lowest BCUT2D eigenvalue weighted by atomic mass is 9.83. The highest BCUT2D eigenvalue weighted by molar-refractivity contribution is 5.52. The fourth-order valence-electron chi connectivity index (χ4n) is 3.16. The van der Waals surface area contributed by atoms with Gasteiger partial charge >= 0.3 is 0 Å². The number of fused-ring (bicyclic) bond motifs is 1. The molecule has 3 nitrogen and oxygen atoms in total. The van der Waals surface area contributed by atoms with Crippen molar-refractivity contribution in [2.75, 3.05) is 39.5 Å². The van der Waals surface area contributed by atoms with Crippen LogP contribution in [0.25, 0.3) is 0 Å². The smallest absolute Gasteiger partial charge is 0.0320 e. The third-order valence-corrected chi connectivity index (χ3v) is 4.09. The molecule has 0 aromatic heterocycles. The van der Waals surface area contributed by atoms with Crippen molar-refractivity contribution in [2.24, 2.45) is 0 Å². The van der Waals surface area contributed by atoms with Crippen LogP contribution in [0.2, 0.25) is 0 Å². The Bertz CT molecular complexity index is 435. The maximum absolute atomic E-state index is 6.05. The zero-order chi connectivity index (χ0) is 12.0. The maximum Gasteiger partial charge on any atom is 0.0320 e. The first-order valence-electron chi connectivity index (χ1n) is 6.41. The van der Waals surface area contributed by atoms with Crippen LogP contribution in [0.4, 0.5) is 5.69 Å². The van der Waals surface area contributed by atoms with Gasteiger partial charge in [0.2, 0.25) is 0 Å². The van der Waals surface area contributed by atoms with Crippen LogP contribution in [0.15, 0.2) is 12.1 Å². The van der Waals surface area contributed by atoms with E-state index in [0.29, 0.717) is 5.92 Å². The largest absolute Gasteiger partial charge is 0.399 e. The fraction of sp³-hybridized carbons (Fsp3) is 0.571. The van der Waals surface area contributed by atoms with Crippen molar-refractivity contribution in [1.29, 1.82) is 0 Å². The van der Waals surface area contributed by atoms with E-state index in [4.69, 9.17) is 5.73 Å². The third-order valence-electron chi connectivity index (χ3n) is 4.09. The molecule has 0 unspecified atom stereocenters. The first kappa shape index (κ1) is 11.1. The van der Waals surface area contributed by atoms with E-state index in [0.717, 1.165) is 12.2 Å². The zero-order valence-corrected chi connectivity index (χ0v) is 10.7. The molecule has 3 rings (SSSR count). The second kappa shape index (κ2) is 4.00. The van der Waals surface area contributed by atoms with Crippen LogP contribution in [-0.4, -0.2) is 43.5 Å². The number of likely N-dealkylation sites (tertiary alicyclic amines) is 1. The van der Waals surface area contributed by atoms with Crippen LogP contribution >= 0.6 is 0 Å². The number of likely N-dealkylation sites (N-methyl/N-ethyl adjacent to an activating group) is 2. The van der Waals surface area contributed by atoms with Crippen molar-refractivity contribution in [1.82, 2.24) is 9.80 Å². The molecule has 0 atom stereocenters. The van der Waals surface area contributed by atoms with Gasteiger partial charge in [0.15, 0.2) is 0 Å². The average molecular weight is 231 g/mol. The number of hydrogen-bond acceptors (Lipinski definition) is 3. The molecule has 2 aliphatic rings. The summed E-state index contributed by atoms with van der Waals surface area (Å²) >= 11 is 0. The molecule has 1 saturated heterocycles. The summed E-state index contributed by atoms with van der Waals surface area (Å²) in [5, 5.41) is 0. The molecule has 0 radical (unpaired) electrons. The number of hydrogen-bond donors (Lipinski definition) is 1. The Labute approximate surface area is 103 Å². The molecule has 2 heterocycles. The standard InChI is InChI=1S/C14H21N3/c1-16-4-3-13-10(7-16)5-12(15)6-14(13)11-8-17(2)9-11/h5-6,11H,3-4,7-9,15H2,1-2H3. The highest BCUT2D eigenvalue weighted by Gasteiger charge is 2.29. The van der Waals surface area contributed by atoms with Crippen LogP contribution in [0.5, 0.6) is 0 Å². The molecule has 1 aromatic rings. The molecule has 1 aromatic carbocycles. The predicted molar refractivity (Wildman–Crippen MR) is 71.1 cm³/mol. The van der Waals surface area contributed by atoms with Crippen molar-refractivity contribution in [3.05, 3.63) is 28.8 Å². The van der Waals surface area contributed by atoms with E-state index in [2.05, 4.69) is 36.0 Å². The highest BCUT2D eigenvalue weighted by Crippen LogP contribution is 2.34. The number of benzene rings is 1. The Morgan fingerprint density at radius 3 is 2.65 bits per heavy atom. The van der Waals surface area contributed by atoms with Crippen molar-refractivity contribution in [3.8, 4) is 0 Å². The molecule has 3 heteroatoms. The molecule has 2 N–H and O–H groups in total. The van der Waals surface area contributed by atoms with Gasteiger partial charge in [-0.05, 0) is 49.3 Å². The Balaban J connectivity index is 1.97. The minimum absolute atomic E-state index is 0.709. The molecule has 0 saturated carbocycles. The van der Waals surface area contributed by atoms with E-state index < -0.39 is 0 Å². The molecule has 1 fully saturated rings. The van der Waals surface area contributed by atoms with Crippen molar-refractivity contribution in [3.63, 3.8) is 0 Å². The first-order valence-corrected chi connectivity index (χ1v) is 6.41. The zero-order valence-electron chi connectivity index (χ0n) is 10.7.